The Morgan fingerprint density at radius 1 is 0.679 bits per heavy atom. The first-order chi connectivity index (χ1) is 13.5. The number of hydrogen-bond acceptors (Lipinski definition) is 3. The molecule has 3 rings (SSSR count). The van der Waals surface area contributed by atoms with E-state index < -0.39 is 0 Å². The van der Waals surface area contributed by atoms with Gasteiger partial charge in [0.05, 0.1) is 11.4 Å². The Labute approximate surface area is 186 Å². The molecule has 148 valence electrons. The summed E-state index contributed by atoms with van der Waals surface area (Å²) in [6.45, 7) is 8.38. The number of para-hydroxylation sites is 2. The fourth-order valence-corrected chi connectivity index (χ4v) is 3.54. The molecule has 0 N–H and O–H groups in total. The summed E-state index contributed by atoms with van der Waals surface area (Å²) in [6, 6.07) is 16.7. The minimum absolute atomic E-state index is 0.194. The predicted molar refractivity (Wildman–Crippen MR) is 122 cm³/mol. The van der Waals surface area contributed by atoms with E-state index in [4.69, 9.17) is 20.2 Å². The molecule has 0 spiro atoms. The number of thiophene rings is 1. The van der Waals surface area contributed by atoms with Crippen LogP contribution in [0.2, 0.25) is 0 Å². The Morgan fingerprint density at radius 3 is 1.32 bits per heavy atom. The molecular formula is C22H22Cl2FeN2S. The maximum atomic E-state index is 4.76. The molecule has 1 heterocycles. The summed E-state index contributed by atoms with van der Waals surface area (Å²) >= 11 is 1.89. The molecule has 0 bridgehead atoms. The average molecular weight is 473 g/mol. The third-order valence-corrected chi connectivity index (χ3v) is 5.12. The second-order valence-electron chi connectivity index (χ2n) is 6.29. The van der Waals surface area contributed by atoms with Crippen LogP contribution in [0.25, 0.3) is 0 Å². The molecule has 0 unspecified atom stereocenters. The number of benzene rings is 2. The maximum absolute atomic E-state index is 4.76. The van der Waals surface area contributed by atoms with Gasteiger partial charge in [-0.2, -0.15) is 0 Å². The fourth-order valence-electron chi connectivity index (χ4n) is 2.78. The van der Waals surface area contributed by atoms with Crippen LogP contribution in [0, 0.1) is 27.7 Å². The van der Waals surface area contributed by atoms with Gasteiger partial charge in [0, 0.05) is 22.2 Å². The number of aryl methyl sites for hydroxylation is 4. The van der Waals surface area contributed by atoms with Gasteiger partial charge in [0.2, 0.25) is 0 Å². The standard InChI is InChI=1S/C22H22N2S.2ClH.Fe/c1-15-7-5-8-16(2)21(15)23-13-19-11-12-20(25-19)14-24-22-17(3)9-6-10-18(22)4;;;/h5-14H,1-4H3;2*1H;/q;;;+2/p-2. The van der Waals surface area contributed by atoms with E-state index in [-0.39, 0.29) is 13.1 Å². The Hall–Kier alpha value is -1.42. The molecule has 1 aromatic heterocycles. The molecule has 0 aliphatic heterocycles. The number of hydrogen-bond donors (Lipinski definition) is 0. The SMILES string of the molecule is Cc1cccc(C)c1N=Cc1ccc(C=Nc2c(C)cccc2C)s1.[Cl][Fe][Cl]. The van der Waals surface area contributed by atoms with Crippen molar-refractivity contribution in [1.29, 1.82) is 0 Å². The Morgan fingerprint density at radius 2 is 1.00 bits per heavy atom. The van der Waals surface area contributed by atoms with E-state index in [1.54, 1.807) is 11.3 Å². The van der Waals surface area contributed by atoms with E-state index in [1.807, 2.05) is 12.4 Å². The van der Waals surface area contributed by atoms with Crippen LogP contribution in [0.4, 0.5) is 11.4 Å². The molecule has 0 aliphatic carbocycles. The number of aliphatic imine (C=N–C) groups is 2. The normalized spacial score (nSPS) is 11.2. The van der Waals surface area contributed by atoms with Gasteiger partial charge in [0.1, 0.15) is 0 Å². The molecule has 0 radical (unpaired) electrons. The monoisotopic (exact) mass is 472 g/mol. The van der Waals surface area contributed by atoms with Crippen LogP contribution in [-0.4, -0.2) is 12.4 Å². The molecule has 0 saturated heterocycles. The molecule has 0 atom stereocenters. The Bertz CT molecular complexity index is 864. The van der Waals surface area contributed by atoms with Gasteiger partial charge in [-0.15, -0.1) is 11.3 Å². The van der Waals surface area contributed by atoms with Crippen molar-refractivity contribution in [2.45, 2.75) is 27.7 Å². The predicted octanol–water partition coefficient (Wildman–Crippen LogP) is 7.86. The van der Waals surface area contributed by atoms with Gasteiger partial charge in [0.15, 0.2) is 0 Å². The minimum atomic E-state index is 0.194. The fraction of sp³-hybridized carbons (Fsp3) is 0.182. The summed E-state index contributed by atoms with van der Waals surface area (Å²) in [5.74, 6) is 0. The molecular weight excluding hydrogens is 451 g/mol. The van der Waals surface area contributed by atoms with Crippen molar-refractivity contribution in [3.63, 3.8) is 0 Å². The molecule has 3 aromatic rings. The zero-order valence-corrected chi connectivity index (χ0v) is 19.6. The van der Waals surface area contributed by atoms with Crippen molar-refractivity contribution < 1.29 is 13.1 Å². The topological polar surface area (TPSA) is 24.7 Å². The van der Waals surface area contributed by atoms with Gasteiger partial charge in [-0.05, 0) is 62.1 Å². The molecule has 2 aromatic carbocycles. The Kier molecular flexibility index (Phi) is 9.43. The second kappa shape index (κ2) is 11.5. The van der Waals surface area contributed by atoms with Crippen LogP contribution in [0.5, 0.6) is 0 Å². The summed E-state index contributed by atoms with van der Waals surface area (Å²) in [4.78, 5) is 11.6. The van der Waals surface area contributed by atoms with E-state index in [9.17, 15) is 0 Å². The second-order valence-corrected chi connectivity index (χ2v) is 9.26. The average Bonchev–Trinajstić information content (AvgIpc) is 3.09. The van der Waals surface area contributed by atoms with Crippen molar-refractivity contribution in [1.82, 2.24) is 0 Å². The summed E-state index contributed by atoms with van der Waals surface area (Å²) in [5, 5.41) is 0. The van der Waals surface area contributed by atoms with Crippen LogP contribution >= 0.6 is 31.5 Å². The molecule has 0 aliphatic rings. The first kappa shape index (κ1) is 22.9. The van der Waals surface area contributed by atoms with Crippen LogP contribution < -0.4 is 0 Å². The summed E-state index contributed by atoms with van der Waals surface area (Å²) in [6.07, 6.45) is 3.88. The Balaban J connectivity index is 0.000000878. The zero-order chi connectivity index (χ0) is 20.5. The number of halogens is 2. The third-order valence-electron chi connectivity index (χ3n) is 4.17. The zero-order valence-electron chi connectivity index (χ0n) is 16.2. The van der Waals surface area contributed by atoms with E-state index >= 15 is 0 Å². The van der Waals surface area contributed by atoms with Crippen molar-refractivity contribution in [2.24, 2.45) is 9.98 Å². The molecule has 0 amide bonds. The van der Waals surface area contributed by atoms with Crippen molar-refractivity contribution >= 4 is 55.3 Å². The van der Waals surface area contributed by atoms with Gasteiger partial charge >= 0.3 is 33.3 Å². The van der Waals surface area contributed by atoms with E-state index in [0.29, 0.717) is 0 Å². The van der Waals surface area contributed by atoms with Gasteiger partial charge in [-0.25, -0.2) is 0 Å². The van der Waals surface area contributed by atoms with Crippen molar-refractivity contribution in [3.05, 3.63) is 80.5 Å². The van der Waals surface area contributed by atoms with Crippen LogP contribution in [0.3, 0.4) is 0 Å². The number of nitrogens with zero attached hydrogens (tertiary/aromatic N) is 2. The molecule has 28 heavy (non-hydrogen) atoms. The molecule has 2 nitrogen and oxygen atoms in total. The molecule has 0 fully saturated rings. The molecule has 0 saturated carbocycles. The van der Waals surface area contributed by atoms with Crippen molar-refractivity contribution in [3.8, 4) is 0 Å². The van der Waals surface area contributed by atoms with Gasteiger partial charge < -0.3 is 0 Å². The quantitative estimate of drug-likeness (QED) is 0.272. The van der Waals surface area contributed by atoms with E-state index in [2.05, 4.69) is 86.2 Å². The van der Waals surface area contributed by atoms with Crippen LogP contribution in [0.1, 0.15) is 32.0 Å². The van der Waals surface area contributed by atoms with Gasteiger partial charge in [-0.1, -0.05) is 36.4 Å². The van der Waals surface area contributed by atoms with E-state index in [0.717, 1.165) is 21.1 Å². The van der Waals surface area contributed by atoms with E-state index in [1.165, 1.54) is 22.3 Å². The van der Waals surface area contributed by atoms with Crippen LogP contribution in [-0.2, 0) is 13.1 Å². The van der Waals surface area contributed by atoms with Crippen LogP contribution in [0.15, 0.2) is 58.5 Å². The van der Waals surface area contributed by atoms with Gasteiger partial charge in [0.25, 0.3) is 0 Å². The first-order valence-corrected chi connectivity index (χ1v) is 12.5. The third kappa shape index (κ3) is 6.58. The van der Waals surface area contributed by atoms with Gasteiger partial charge in [-0.3, -0.25) is 9.98 Å². The summed E-state index contributed by atoms with van der Waals surface area (Å²) < 4.78 is 0. The molecule has 6 heteroatoms. The summed E-state index contributed by atoms with van der Waals surface area (Å²) in [7, 11) is 9.53. The van der Waals surface area contributed by atoms with Crippen molar-refractivity contribution in [2.75, 3.05) is 0 Å². The first-order valence-electron chi connectivity index (χ1n) is 8.62. The number of rotatable bonds is 4. The summed E-state index contributed by atoms with van der Waals surface area (Å²) in [5.41, 5.74) is 6.91.